The number of benzene rings is 1. The first-order valence-electron chi connectivity index (χ1n) is 6.84. The van der Waals surface area contributed by atoms with E-state index < -0.39 is 6.23 Å². The Hall–Kier alpha value is -2.71. The van der Waals surface area contributed by atoms with Crippen molar-refractivity contribution in [1.82, 2.24) is 9.97 Å². The normalized spacial score (nSPS) is 12.3. The van der Waals surface area contributed by atoms with Crippen LogP contribution < -0.4 is 16.8 Å². The third kappa shape index (κ3) is 2.81. The third-order valence-electron chi connectivity index (χ3n) is 3.46. The summed E-state index contributed by atoms with van der Waals surface area (Å²) in [5.41, 5.74) is 15.2. The summed E-state index contributed by atoms with van der Waals surface area (Å²) in [6.07, 6.45) is 0.421. The van der Waals surface area contributed by atoms with E-state index >= 15 is 0 Å². The number of nitrogens with two attached hydrogens (primary N) is 2. The molecule has 0 saturated heterocycles. The number of nitrogens with one attached hydrogen (secondary N) is 2. The fourth-order valence-corrected chi connectivity index (χ4v) is 3.25. The zero-order valence-electron chi connectivity index (χ0n) is 12.4. The van der Waals surface area contributed by atoms with E-state index in [0.717, 1.165) is 4.70 Å². The van der Waals surface area contributed by atoms with Crippen molar-refractivity contribution in [3.63, 3.8) is 0 Å². The lowest BCUT2D eigenvalue weighted by Gasteiger charge is -2.15. The van der Waals surface area contributed by atoms with Gasteiger partial charge in [-0.3, -0.25) is 0 Å². The number of hydrogen-bond acceptors (Lipinski definition) is 8. The van der Waals surface area contributed by atoms with Crippen molar-refractivity contribution in [1.29, 1.82) is 5.41 Å². The Morgan fingerprint density at radius 2 is 2.13 bits per heavy atom. The summed E-state index contributed by atoms with van der Waals surface area (Å²) in [6.45, 7) is 1.68. The van der Waals surface area contributed by atoms with Crippen molar-refractivity contribution in [3.8, 4) is 0 Å². The maximum Gasteiger partial charge on any atom is 0.153 e. The maximum atomic E-state index is 10.4. The van der Waals surface area contributed by atoms with Crippen LogP contribution in [0.15, 0.2) is 29.9 Å². The molecule has 1 unspecified atom stereocenters. The molecule has 0 aliphatic heterocycles. The molecule has 3 aromatic rings. The molecule has 3 rings (SSSR count). The number of thiophene rings is 1. The fourth-order valence-electron chi connectivity index (χ4n) is 2.31. The summed E-state index contributed by atoms with van der Waals surface area (Å²) in [5, 5.41) is 22.8. The molecular weight excluding hydrogens is 312 g/mol. The highest BCUT2D eigenvalue weighted by Crippen LogP contribution is 2.32. The molecule has 0 fully saturated rings. The van der Waals surface area contributed by atoms with Crippen LogP contribution in [0.25, 0.3) is 10.2 Å². The van der Waals surface area contributed by atoms with Crippen molar-refractivity contribution in [2.45, 2.75) is 13.2 Å². The monoisotopic (exact) mass is 328 g/mol. The van der Waals surface area contributed by atoms with Crippen LogP contribution in [0.4, 0.5) is 17.2 Å². The Bertz CT molecular complexity index is 891. The molecular formula is C15H16N6OS. The molecule has 2 aromatic heterocycles. The molecule has 0 aliphatic rings. The zero-order valence-corrected chi connectivity index (χ0v) is 13.2. The number of nitrogen functional groups attached to an aromatic ring is 2. The van der Waals surface area contributed by atoms with Crippen molar-refractivity contribution in [2.24, 2.45) is 0 Å². The minimum atomic E-state index is -0.954. The lowest BCUT2D eigenvalue weighted by Crippen LogP contribution is -2.10. The van der Waals surface area contributed by atoms with Gasteiger partial charge in [0.2, 0.25) is 0 Å². The summed E-state index contributed by atoms with van der Waals surface area (Å²) in [6, 6.07) is 5.21. The molecule has 7 nitrogen and oxygen atoms in total. The number of anilines is 3. The SMILES string of the molecule is CC(=N)c1ccc(NC(O)c2csc3c(N)ncnc23)cc1N. The van der Waals surface area contributed by atoms with Gasteiger partial charge in [0.1, 0.15) is 12.1 Å². The molecule has 7 N–H and O–H groups in total. The number of fused-ring (bicyclic) bond motifs is 1. The summed E-state index contributed by atoms with van der Waals surface area (Å²) in [7, 11) is 0. The van der Waals surface area contributed by atoms with E-state index in [9.17, 15) is 5.11 Å². The van der Waals surface area contributed by atoms with Crippen LogP contribution in [0.5, 0.6) is 0 Å². The lowest BCUT2D eigenvalue weighted by molar-refractivity contribution is 0.210. The van der Waals surface area contributed by atoms with Gasteiger partial charge in [0.15, 0.2) is 6.23 Å². The average molecular weight is 328 g/mol. The van der Waals surface area contributed by atoms with Crippen molar-refractivity contribution in [2.75, 3.05) is 16.8 Å². The molecule has 118 valence electrons. The first-order chi connectivity index (χ1) is 11.0. The molecule has 0 spiro atoms. The fraction of sp³-hybridized carbons (Fsp3) is 0.133. The molecule has 0 bridgehead atoms. The maximum absolute atomic E-state index is 10.4. The second kappa shape index (κ2) is 5.82. The van der Waals surface area contributed by atoms with Crippen molar-refractivity contribution >= 4 is 44.5 Å². The molecule has 0 saturated carbocycles. The Morgan fingerprint density at radius 3 is 2.83 bits per heavy atom. The van der Waals surface area contributed by atoms with Gasteiger partial charge in [-0.1, -0.05) is 0 Å². The Morgan fingerprint density at radius 1 is 1.35 bits per heavy atom. The molecule has 1 aromatic carbocycles. The Balaban J connectivity index is 1.89. The van der Waals surface area contributed by atoms with E-state index in [4.69, 9.17) is 16.9 Å². The average Bonchev–Trinajstić information content (AvgIpc) is 2.92. The van der Waals surface area contributed by atoms with Crippen LogP contribution >= 0.6 is 11.3 Å². The van der Waals surface area contributed by atoms with Gasteiger partial charge in [-0.2, -0.15) is 0 Å². The predicted octanol–water partition coefficient (Wildman–Crippen LogP) is 2.35. The highest BCUT2D eigenvalue weighted by atomic mass is 32.1. The summed E-state index contributed by atoms with van der Waals surface area (Å²) < 4.78 is 0.748. The van der Waals surface area contributed by atoms with Crippen LogP contribution in [0, 0.1) is 5.41 Å². The first-order valence-corrected chi connectivity index (χ1v) is 7.72. The molecule has 0 amide bonds. The van der Waals surface area contributed by atoms with Gasteiger partial charge in [-0.05, 0) is 25.1 Å². The quantitative estimate of drug-likeness (QED) is 0.283. The number of aliphatic hydroxyl groups excluding tert-OH is 1. The van der Waals surface area contributed by atoms with Gasteiger partial charge in [-0.25, -0.2) is 9.97 Å². The molecule has 23 heavy (non-hydrogen) atoms. The standard InChI is InChI=1S/C15H16N6OS/c1-7(16)9-3-2-8(4-11(9)17)21-15(22)10-5-23-13-12(10)19-6-20-14(13)18/h2-6,15-16,21-22H,17H2,1H3,(H2,18,19,20). The van der Waals surface area contributed by atoms with Crippen LogP contribution in [0.3, 0.4) is 0 Å². The van der Waals surface area contributed by atoms with Gasteiger partial charge >= 0.3 is 0 Å². The molecule has 0 radical (unpaired) electrons. The number of nitrogens with zero attached hydrogens (tertiary/aromatic N) is 2. The Kier molecular flexibility index (Phi) is 3.85. The van der Waals surface area contributed by atoms with E-state index in [1.165, 1.54) is 17.7 Å². The van der Waals surface area contributed by atoms with Crippen molar-refractivity contribution < 1.29 is 5.11 Å². The van der Waals surface area contributed by atoms with Crippen molar-refractivity contribution in [3.05, 3.63) is 41.0 Å². The minimum absolute atomic E-state index is 0.394. The van der Waals surface area contributed by atoms with Crippen LogP contribution in [0.2, 0.25) is 0 Å². The largest absolute Gasteiger partial charge is 0.398 e. The predicted molar refractivity (Wildman–Crippen MR) is 93.8 cm³/mol. The number of hydrogen-bond donors (Lipinski definition) is 5. The smallest absolute Gasteiger partial charge is 0.153 e. The highest BCUT2D eigenvalue weighted by molar-refractivity contribution is 7.17. The number of rotatable bonds is 4. The third-order valence-corrected chi connectivity index (χ3v) is 4.47. The molecule has 1 atom stereocenters. The Labute approximate surface area is 136 Å². The lowest BCUT2D eigenvalue weighted by atomic mass is 10.1. The van der Waals surface area contributed by atoms with Gasteiger partial charge < -0.3 is 27.3 Å². The van der Waals surface area contributed by atoms with Crippen LogP contribution in [-0.4, -0.2) is 20.8 Å². The van der Waals surface area contributed by atoms with Crippen LogP contribution in [-0.2, 0) is 0 Å². The summed E-state index contributed by atoms with van der Waals surface area (Å²) in [4.78, 5) is 8.13. The molecule has 0 aliphatic carbocycles. The highest BCUT2D eigenvalue weighted by Gasteiger charge is 2.16. The topological polar surface area (TPSA) is 134 Å². The molecule has 8 heteroatoms. The van der Waals surface area contributed by atoms with E-state index in [1.807, 2.05) is 0 Å². The summed E-state index contributed by atoms with van der Waals surface area (Å²) >= 11 is 1.39. The summed E-state index contributed by atoms with van der Waals surface area (Å²) in [5.74, 6) is 0.397. The van der Waals surface area contributed by atoms with Gasteiger partial charge in [-0.15, -0.1) is 11.3 Å². The number of aliphatic hydroxyl groups is 1. The van der Waals surface area contributed by atoms with E-state index in [2.05, 4.69) is 15.3 Å². The second-order valence-corrected chi connectivity index (χ2v) is 5.98. The van der Waals surface area contributed by atoms with E-state index in [-0.39, 0.29) is 0 Å². The first kappa shape index (κ1) is 15.2. The van der Waals surface area contributed by atoms with Gasteiger partial charge in [0.25, 0.3) is 0 Å². The van der Waals surface area contributed by atoms with E-state index in [0.29, 0.717) is 39.5 Å². The number of aromatic nitrogens is 2. The van der Waals surface area contributed by atoms with Crippen LogP contribution in [0.1, 0.15) is 24.3 Å². The zero-order chi connectivity index (χ0) is 16.6. The van der Waals surface area contributed by atoms with E-state index in [1.54, 1.807) is 30.5 Å². The molecule has 2 heterocycles. The van der Waals surface area contributed by atoms with Gasteiger partial charge in [0, 0.05) is 33.6 Å². The minimum Gasteiger partial charge on any atom is -0.398 e. The van der Waals surface area contributed by atoms with Gasteiger partial charge in [0.05, 0.1) is 10.2 Å². The second-order valence-electron chi connectivity index (χ2n) is 5.10.